The van der Waals surface area contributed by atoms with Gasteiger partial charge in [0.05, 0.1) is 5.56 Å². The molecule has 2 nitrogen and oxygen atoms in total. The fourth-order valence-corrected chi connectivity index (χ4v) is 2.56. The van der Waals surface area contributed by atoms with E-state index in [1.807, 2.05) is 6.07 Å². The zero-order chi connectivity index (χ0) is 15.0. The van der Waals surface area contributed by atoms with Crippen molar-refractivity contribution in [1.82, 2.24) is 0 Å². The average Bonchev–Trinajstić information content (AvgIpc) is 2.89. The maximum atomic E-state index is 13.1. The fraction of sp³-hybridized carbons (Fsp3) is 0.250. The lowest BCUT2D eigenvalue weighted by Gasteiger charge is -2.14. The fourth-order valence-electron chi connectivity index (χ4n) is 2.56. The number of ether oxygens (including phenoxy) is 1. The molecule has 1 aliphatic heterocycles. The van der Waals surface area contributed by atoms with Gasteiger partial charge in [0.15, 0.2) is 0 Å². The summed E-state index contributed by atoms with van der Waals surface area (Å²) in [5.74, 6) is 0.518. The van der Waals surface area contributed by atoms with E-state index in [0.717, 1.165) is 12.1 Å². The SMILES string of the molecule is NCC1Cc2cc(C(F)(F)F)cc(-c3ccccc3)c2O1. The molecule has 0 saturated heterocycles. The second-order valence-corrected chi connectivity index (χ2v) is 5.06. The predicted octanol–water partition coefficient (Wildman–Crippen LogP) is 3.63. The Morgan fingerprint density at radius 2 is 1.86 bits per heavy atom. The van der Waals surface area contributed by atoms with Gasteiger partial charge in [-0.2, -0.15) is 13.2 Å². The first-order valence-corrected chi connectivity index (χ1v) is 6.65. The summed E-state index contributed by atoms with van der Waals surface area (Å²) in [6, 6.07) is 11.3. The molecule has 1 aliphatic rings. The van der Waals surface area contributed by atoms with Gasteiger partial charge >= 0.3 is 6.18 Å². The Morgan fingerprint density at radius 1 is 1.14 bits per heavy atom. The van der Waals surface area contributed by atoms with E-state index in [1.165, 1.54) is 0 Å². The maximum Gasteiger partial charge on any atom is 0.416 e. The average molecular weight is 293 g/mol. The first-order chi connectivity index (χ1) is 9.99. The van der Waals surface area contributed by atoms with Crippen LogP contribution >= 0.6 is 0 Å². The van der Waals surface area contributed by atoms with E-state index in [9.17, 15) is 13.2 Å². The maximum absolute atomic E-state index is 13.1. The van der Waals surface area contributed by atoms with Crippen molar-refractivity contribution in [3.63, 3.8) is 0 Å². The molecule has 2 N–H and O–H groups in total. The van der Waals surface area contributed by atoms with Crippen LogP contribution in [0.15, 0.2) is 42.5 Å². The number of fused-ring (bicyclic) bond motifs is 1. The third-order valence-corrected chi connectivity index (χ3v) is 3.57. The van der Waals surface area contributed by atoms with E-state index in [2.05, 4.69) is 0 Å². The minimum atomic E-state index is -4.38. The van der Waals surface area contributed by atoms with Crippen LogP contribution in [0.25, 0.3) is 11.1 Å². The molecular weight excluding hydrogens is 279 g/mol. The van der Waals surface area contributed by atoms with Crippen molar-refractivity contribution >= 4 is 0 Å². The molecule has 0 spiro atoms. The summed E-state index contributed by atoms with van der Waals surface area (Å²) in [7, 11) is 0. The van der Waals surface area contributed by atoms with Gasteiger partial charge in [-0.1, -0.05) is 30.3 Å². The minimum Gasteiger partial charge on any atom is -0.488 e. The lowest BCUT2D eigenvalue weighted by atomic mass is 9.97. The molecule has 0 aromatic heterocycles. The molecule has 0 aliphatic carbocycles. The van der Waals surface area contributed by atoms with E-state index >= 15 is 0 Å². The van der Waals surface area contributed by atoms with Gasteiger partial charge in [-0.05, 0) is 23.3 Å². The van der Waals surface area contributed by atoms with Gasteiger partial charge in [-0.3, -0.25) is 0 Å². The van der Waals surface area contributed by atoms with E-state index in [0.29, 0.717) is 28.9 Å². The van der Waals surface area contributed by atoms with Crippen molar-refractivity contribution in [2.45, 2.75) is 18.7 Å². The zero-order valence-corrected chi connectivity index (χ0v) is 11.2. The molecule has 0 bridgehead atoms. The van der Waals surface area contributed by atoms with Crippen molar-refractivity contribution < 1.29 is 17.9 Å². The van der Waals surface area contributed by atoms with Gasteiger partial charge in [-0.25, -0.2) is 0 Å². The van der Waals surface area contributed by atoms with Crippen LogP contribution in [-0.4, -0.2) is 12.6 Å². The molecule has 0 fully saturated rings. The van der Waals surface area contributed by atoms with Gasteiger partial charge in [0.1, 0.15) is 11.9 Å². The van der Waals surface area contributed by atoms with Gasteiger partial charge in [0.25, 0.3) is 0 Å². The molecule has 110 valence electrons. The Morgan fingerprint density at radius 3 is 2.48 bits per heavy atom. The second kappa shape index (κ2) is 5.07. The number of hydrogen-bond acceptors (Lipinski definition) is 2. The van der Waals surface area contributed by atoms with E-state index in [-0.39, 0.29) is 12.6 Å². The third kappa shape index (κ3) is 2.61. The highest BCUT2D eigenvalue weighted by molar-refractivity contribution is 5.74. The number of benzene rings is 2. The molecular formula is C16H14F3NO. The minimum absolute atomic E-state index is 0.258. The molecule has 1 atom stereocenters. The van der Waals surface area contributed by atoms with Crippen LogP contribution in [0.3, 0.4) is 0 Å². The summed E-state index contributed by atoms with van der Waals surface area (Å²) in [4.78, 5) is 0. The molecule has 0 saturated carbocycles. The van der Waals surface area contributed by atoms with Gasteiger partial charge in [-0.15, -0.1) is 0 Å². The molecule has 1 heterocycles. The monoisotopic (exact) mass is 293 g/mol. The van der Waals surface area contributed by atoms with Crippen molar-refractivity contribution in [3.05, 3.63) is 53.6 Å². The third-order valence-electron chi connectivity index (χ3n) is 3.57. The van der Waals surface area contributed by atoms with Crippen LogP contribution in [0.4, 0.5) is 13.2 Å². The Balaban J connectivity index is 2.17. The number of rotatable bonds is 2. The highest BCUT2D eigenvalue weighted by Crippen LogP contribution is 2.43. The quantitative estimate of drug-likeness (QED) is 0.917. The first kappa shape index (κ1) is 13.9. The molecule has 0 radical (unpaired) electrons. The first-order valence-electron chi connectivity index (χ1n) is 6.65. The van der Waals surface area contributed by atoms with Crippen molar-refractivity contribution in [3.8, 4) is 16.9 Å². The van der Waals surface area contributed by atoms with Crippen LogP contribution in [0.1, 0.15) is 11.1 Å². The molecule has 5 heteroatoms. The van der Waals surface area contributed by atoms with Crippen LogP contribution in [0.5, 0.6) is 5.75 Å². The molecule has 2 aromatic carbocycles. The predicted molar refractivity (Wildman–Crippen MR) is 74.1 cm³/mol. The number of hydrogen-bond donors (Lipinski definition) is 1. The van der Waals surface area contributed by atoms with Gasteiger partial charge in [0.2, 0.25) is 0 Å². The van der Waals surface area contributed by atoms with Crippen LogP contribution in [0, 0.1) is 0 Å². The van der Waals surface area contributed by atoms with E-state index in [4.69, 9.17) is 10.5 Å². The van der Waals surface area contributed by atoms with Gasteiger partial charge < -0.3 is 10.5 Å². The lowest BCUT2D eigenvalue weighted by Crippen LogP contribution is -2.24. The number of nitrogens with two attached hydrogens (primary N) is 1. The second-order valence-electron chi connectivity index (χ2n) is 5.06. The Hall–Kier alpha value is -2.01. The summed E-state index contributed by atoms with van der Waals surface area (Å²) in [5, 5.41) is 0. The molecule has 1 unspecified atom stereocenters. The highest BCUT2D eigenvalue weighted by Gasteiger charge is 2.35. The normalized spacial score (nSPS) is 17.4. The summed E-state index contributed by atoms with van der Waals surface area (Å²) in [5.41, 5.74) is 6.67. The molecule has 21 heavy (non-hydrogen) atoms. The van der Waals surface area contributed by atoms with Crippen LogP contribution in [-0.2, 0) is 12.6 Å². The standard InChI is InChI=1S/C16H14F3NO/c17-16(18,19)12-6-11-7-13(9-20)21-15(11)14(8-12)10-4-2-1-3-5-10/h1-6,8,13H,7,9,20H2. The van der Waals surface area contributed by atoms with Crippen molar-refractivity contribution in [2.75, 3.05) is 6.54 Å². The summed E-state index contributed by atoms with van der Waals surface area (Å²) in [6.45, 7) is 0.282. The van der Waals surface area contributed by atoms with Gasteiger partial charge in [0, 0.05) is 18.5 Å². The number of alkyl halides is 3. The number of halogens is 3. The summed E-state index contributed by atoms with van der Waals surface area (Å²) >= 11 is 0. The topological polar surface area (TPSA) is 35.2 Å². The van der Waals surface area contributed by atoms with Crippen molar-refractivity contribution in [1.29, 1.82) is 0 Å². The molecule has 0 amide bonds. The smallest absolute Gasteiger partial charge is 0.416 e. The summed E-state index contributed by atoms with van der Waals surface area (Å²) < 4.78 is 44.9. The Labute approximate surface area is 120 Å². The Kier molecular flexibility index (Phi) is 3.37. The lowest BCUT2D eigenvalue weighted by molar-refractivity contribution is -0.137. The van der Waals surface area contributed by atoms with E-state index < -0.39 is 11.7 Å². The largest absolute Gasteiger partial charge is 0.488 e. The molecule has 2 aromatic rings. The summed E-state index contributed by atoms with van der Waals surface area (Å²) in [6.07, 6.45) is -4.22. The zero-order valence-electron chi connectivity index (χ0n) is 11.2. The van der Waals surface area contributed by atoms with Crippen molar-refractivity contribution in [2.24, 2.45) is 5.73 Å². The van der Waals surface area contributed by atoms with Crippen LogP contribution < -0.4 is 10.5 Å². The van der Waals surface area contributed by atoms with E-state index in [1.54, 1.807) is 24.3 Å². The molecule has 3 rings (SSSR count). The van der Waals surface area contributed by atoms with Crippen LogP contribution in [0.2, 0.25) is 0 Å². The Bertz CT molecular complexity index is 653. The highest BCUT2D eigenvalue weighted by atomic mass is 19.4.